The number of rotatable bonds is 25. The van der Waals surface area contributed by atoms with Crippen molar-refractivity contribution in [2.45, 2.75) is 57.1 Å². The zero-order valence-corrected chi connectivity index (χ0v) is 68.3. The second-order valence-electron chi connectivity index (χ2n) is 25.3. The number of benzene rings is 10. The zero-order valence-electron chi connectivity index (χ0n) is 63.4. The van der Waals surface area contributed by atoms with Gasteiger partial charge in [-0.15, -0.1) is 5.11 Å². The van der Waals surface area contributed by atoms with Crippen LogP contribution >= 0.6 is 0 Å². The molecular formula is C73H69N15O29S6. The Labute approximate surface area is 697 Å². The van der Waals surface area contributed by atoms with Gasteiger partial charge in [-0.3, -0.25) is 81.9 Å². The number of urea groups is 1. The van der Waals surface area contributed by atoms with Crippen molar-refractivity contribution in [3.8, 4) is 0 Å². The van der Waals surface area contributed by atoms with E-state index in [1.807, 2.05) is 0 Å². The number of nitrogens with one attached hydrogen (secondary N) is 11. The van der Waals surface area contributed by atoms with Crippen LogP contribution in [0.3, 0.4) is 0 Å². The Balaban J connectivity index is 0.000000460. The maximum atomic E-state index is 13.7. The summed E-state index contributed by atoms with van der Waals surface area (Å²) in [6, 6.07) is 36.5. The Morgan fingerprint density at radius 1 is 0.358 bits per heavy atom. The number of hydrogen-bond acceptors (Lipinski definition) is 25. The van der Waals surface area contributed by atoms with Gasteiger partial charge in [0, 0.05) is 91.5 Å². The van der Waals surface area contributed by atoms with E-state index in [1.165, 1.54) is 98.8 Å². The third kappa shape index (κ3) is 27.3. The Kier molecular flexibility index (Phi) is 30.8. The van der Waals surface area contributed by atoms with Crippen LogP contribution < -0.4 is 59.4 Å². The fraction of sp³-hybridized carbons (Fsp3) is 0.0822. The first-order valence-electron chi connectivity index (χ1n) is 33.9. The van der Waals surface area contributed by atoms with Crippen molar-refractivity contribution in [3.05, 3.63) is 226 Å². The molecule has 10 rings (SSSR count). The van der Waals surface area contributed by atoms with Crippen molar-refractivity contribution >= 4 is 193 Å². The number of carbonyl (C=O) groups is 9. The minimum absolute atomic E-state index is 0.00949. The van der Waals surface area contributed by atoms with Crippen LogP contribution in [-0.2, 0) is 79.9 Å². The Morgan fingerprint density at radius 2 is 0.683 bits per heavy atom. The van der Waals surface area contributed by atoms with E-state index >= 15 is 0 Å². The number of aryl methyl sites for hydroxylation is 2. The lowest BCUT2D eigenvalue weighted by Crippen LogP contribution is -2.26. The number of carbonyl (C=O) groups excluding carboxylic acids is 7. The summed E-state index contributed by atoms with van der Waals surface area (Å²) in [5.41, 5.74) is 15.7. The summed E-state index contributed by atoms with van der Waals surface area (Å²) in [4.78, 5) is 100. The minimum Gasteiger partial charge on any atom is -0.480 e. The molecule has 23 N–H and O–H groups in total. The maximum Gasteiger partial charge on any atom is 0.323 e. The van der Waals surface area contributed by atoms with Gasteiger partial charge in [-0.1, -0.05) is 53.8 Å². The van der Waals surface area contributed by atoms with Gasteiger partial charge in [0.2, 0.25) is 11.8 Å². The fourth-order valence-electron chi connectivity index (χ4n) is 10.5. The van der Waals surface area contributed by atoms with Crippen LogP contribution in [0.15, 0.2) is 222 Å². The molecule has 8 amide bonds. The largest absolute Gasteiger partial charge is 0.480 e. The van der Waals surface area contributed by atoms with Gasteiger partial charge < -0.3 is 64.2 Å². The lowest BCUT2D eigenvalue weighted by molar-refractivity contribution is -0.138. The van der Waals surface area contributed by atoms with E-state index in [9.17, 15) is 121 Å². The zero-order chi connectivity index (χ0) is 91.8. The lowest BCUT2D eigenvalue weighted by atomic mass is 10.1. The van der Waals surface area contributed by atoms with Gasteiger partial charge in [0.25, 0.3) is 84.3 Å². The second-order valence-corrected chi connectivity index (χ2v) is 33.7. The fourth-order valence-corrected chi connectivity index (χ4v) is 14.6. The molecule has 123 heavy (non-hydrogen) atoms. The number of nitrogen functional groups attached to an aromatic ring is 2. The highest BCUT2D eigenvalue weighted by atomic mass is 32.2. The molecule has 0 bridgehead atoms. The number of aliphatic carboxylic acids is 2. The summed E-state index contributed by atoms with van der Waals surface area (Å²) in [5, 5.41) is 54.5. The summed E-state index contributed by atoms with van der Waals surface area (Å²) >= 11 is 0. The molecular weight excluding hydrogens is 1740 g/mol. The maximum absolute atomic E-state index is 13.7. The number of carboxylic acid groups (broad SMARTS) is 2. The third-order valence-corrected chi connectivity index (χ3v) is 21.4. The third-order valence-electron chi connectivity index (χ3n) is 16.1. The number of anilines is 7. The second kappa shape index (κ2) is 39.6. The van der Waals surface area contributed by atoms with E-state index in [-0.39, 0.29) is 81.6 Å². The van der Waals surface area contributed by atoms with Crippen LogP contribution in [0, 0.1) is 24.7 Å². The average Bonchev–Trinajstić information content (AvgIpc) is 0.743. The quantitative estimate of drug-likeness (QED) is 0.00864. The number of hydrogen-bond donors (Lipinski definition) is 21. The molecule has 0 unspecified atom stereocenters. The van der Waals surface area contributed by atoms with Crippen LogP contribution in [0.4, 0.5) is 50.3 Å². The summed E-state index contributed by atoms with van der Waals surface area (Å²) in [6.07, 6.45) is 0. The van der Waals surface area contributed by atoms with Crippen LogP contribution in [0.1, 0.15) is 77.5 Å². The normalized spacial score (nSPS) is 11.4. The average molecular weight is 1810 g/mol. The van der Waals surface area contributed by atoms with Gasteiger partial charge in [0.05, 0.1) is 32.5 Å². The van der Waals surface area contributed by atoms with Crippen molar-refractivity contribution in [2.75, 3.05) is 50.4 Å². The Morgan fingerprint density at radius 3 is 1.02 bits per heavy atom. The number of amides is 8. The Bertz CT molecular complexity index is 6430. The first-order chi connectivity index (χ1) is 57.1. The van der Waals surface area contributed by atoms with Gasteiger partial charge >= 0.3 is 18.0 Å². The van der Waals surface area contributed by atoms with E-state index in [2.05, 4.69) is 58.3 Å². The van der Waals surface area contributed by atoms with Crippen molar-refractivity contribution in [2.24, 2.45) is 21.8 Å². The minimum atomic E-state index is -5.45. The van der Waals surface area contributed by atoms with Crippen LogP contribution in [0.5, 0.6) is 0 Å². The first-order valence-corrected chi connectivity index (χ1v) is 42.5. The molecule has 50 heteroatoms. The van der Waals surface area contributed by atoms with Crippen LogP contribution in [0.2, 0.25) is 0 Å². The van der Waals surface area contributed by atoms with Gasteiger partial charge in [-0.25, -0.2) is 4.79 Å². The van der Waals surface area contributed by atoms with Gasteiger partial charge in [-0.05, 0) is 158 Å². The van der Waals surface area contributed by atoms with E-state index in [0.717, 1.165) is 12.1 Å². The number of nitrogens with zero attached hydrogens (tertiary/aromatic N) is 2. The molecule has 0 saturated carbocycles. The highest BCUT2D eigenvalue weighted by Gasteiger charge is 2.30. The molecule has 0 atom stereocenters. The first kappa shape index (κ1) is 95.7. The van der Waals surface area contributed by atoms with Gasteiger partial charge in [-0.2, -0.15) is 50.5 Å². The molecule has 0 spiro atoms. The predicted molar refractivity (Wildman–Crippen MR) is 442 cm³/mol. The molecule has 0 aliphatic carbocycles. The Hall–Kier alpha value is -14.5. The highest BCUT2D eigenvalue weighted by Crippen LogP contribution is 2.40. The summed E-state index contributed by atoms with van der Waals surface area (Å²) in [5.74, 6) is -6.30. The predicted octanol–water partition coefficient (Wildman–Crippen LogP) is 7.52. The molecule has 0 aliphatic heterocycles. The van der Waals surface area contributed by atoms with E-state index in [4.69, 9.17) is 32.5 Å². The van der Waals surface area contributed by atoms with E-state index in [1.54, 1.807) is 62.4 Å². The van der Waals surface area contributed by atoms with Gasteiger partial charge in [0.15, 0.2) is 0 Å². The monoisotopic (exact) mass is 1810 g/mol. The number of nitrogens with two attached hydrogens (primary N) is 2. The number of carboxylic acids is 2. The smallest absolute Gasteiger partial charge is 0.323 e. The van der Waals surface area contributed by atoms with E-state index in [0.29, 0.717) is 70.0 Å². The number of amidine groups is 2. The SMILES string of the molecule is CC(=O)NCC(=O)O.CC(=O)NCC(=O)O.Cc1ccc(C(=O)Nc2ccc(S(=O)(=O)O)c3cc(S(=O)(=O)O)cc(S(=O)(=O)O)c23)cc1NC(=O)c1cccc(NC(=O)Nc2cccc(C(=O)Nc3cc(C(=O)Nc4ccc(S(=O)(=O)O)c5cc(S(=O)(=O)O)cc(S(=O)(=O)O)c45)ccc3C)c2)c1.N=C(N)c1cccc(N=NNc2cccc(C(=N)N)c2)c1. The van der Waals surface area contributed by atoms with Crippen molar-refractivity contribution < 1.29 is 131 Å². The van der Waals surface area contributed by atoms with Gasteiger partial charge in [0.1, 0.15) is 44.3 Å². The molecule has 10 aromatic rings. The summed E-state index contributed by atoms with van der Waals surface area (Å²) in [7, 11) is -31.9. The van der Waals surface area contributed by atoms with Crippen molar-refractivity contribution in [1.29, 1.82) is 10.8 Å². The molecule has 0 heterocycles. The van der Waals surface area contributed by atoms with Crippen molar-refractivity contribution in [1.82, 2.24) is 10.6 Å². The molecule has 0 fully saturated rings. The van der Waals surface area contributed by atoms with E-state index < -0.39 is 165 Å². The van der Waals surface area contributed by atoms with Crippen LogP contribution in [0.25, 0.3) is 21.5 Å². The lowest BCUT2D eigenvalue weighted by Gasteiger charge is -2.16. The molecule has 0 aliphatic rings. The van der Waals surface area contributed by atoms with Crippen molar-refractivity contribution in [3.63, 3.8) is 0 Å². The molecule has 0 radical (unpaired) electrons. The topological polar surface area (TPSA) is 753 Å². The molecule has 646 valence electrons. The molecule has 0 aromatic heterocycles. The summed E-state index contributed by atoms with van der Waals surface area (Å²) < 4.78 is 206. The van der Waals surface area contributed by atoms with Crippen LogP contribution in [-0.4, -0.2) is 166 Å². The number of fused-ring (bicyclic) bond motifs is 2. The molecule has 0 saturated heterocycles. The standard InChI is InChI=1S/C51H40N6O23S6.C14H15N7.2C4H7NO3/c1-25-9-11-29(49(60)54-37-13-15-41(83(69,70)71)35-21-33(81(63,64)65)23-43(45(35)37)85(75,76)77)19-39(25)56-47(58)27-5-3-7-31(17-27)52-51(62)53-32-8-4-6-28(18-32)48(59)57-40-20-30(12-10-26(40)2)50(61)55-38-14-16-42(84(72,73)74)36-22-34(82(66,67)68)24-44(46(36)38)86(78,79)80;15-13(16)9-3-1-5-11(7-9)19-21-20-12-6-2-4-10(8-12)14(17)18;2*1-3(6)5-2-4(7)8/h3-24H,1-2H3,(H,54,60)(H,55,61)(H,56,58)(H,57,59)(H2,52,53,62)(H,63,64,65)(H,66,67,68)(H,69,70,71)(H,72,73,74)(H,75,76,77)(H,78,79,80);1-8H,(H3,15,16)(H3,17,18)(H,19,20);2*2H2,1H3,(H,5,6)(H,7,8). The molecule has 44 nitrogen and oxygen atoms in total. The summed E-state index contributed by atoms with van der Waals surface area (Å²) in [6.45, 7) is 5.06. The highest BCUT2D eigenvalue weighted by molar-refractivity contribution is 7.88. The molecule has 10 aromatic carbocycles.